The minimum Gasteiger partial charge on any atom is -0.340 e. The van der Waals surface area contributed by atoms with Gasteiger partial charge in [-0.25, -0.2) is 12.7 Å². The van der Waals surface area contributed by atoms with Crippen LogP contribution < -0.4 is 5.56 Å². The fraction of sp³-hybridized carbons (Fsp3) is 0.333. The molecule has 0 bridgehead atoms. The van der Waals surface area contributed by atoms with Crippen molar-refractivity contribution in [1.82, 2.24) is 13.8 Å². The Bertz CT molecular complexity index is 967. The number of thioether (sulfide) groups is 1. The second-order valence-corrected chi connectivity index (χ2v) is 9.25. The summed E-state index contributed by atoms with van der Waals surface area (Å²) < 4.78 is 26.6. The summed E-state index contributed by atoms with van der Waals surface area (Å²) in [5.74, 6) is -0.287. The first-order chi connectivity index (χ1) is 12.6. The fourth-order valence-corrected chi connectivity index (χ4v) is 3.69. The van der Waals surface area contributed by atoms with Gasteiger partial charge in [-0.15, -0.1) is 11.8 Å². The Morgan fingerprint density at radius 2 is 1.70 bits per heavy atom. The third-order valence-corrected chi connectivity index (χ3v) is 6.59. The molecule has 27 heavy (non-hydrogen) atoms. The molecule has 0 unspecified atom stereocenters. The summed E-state index contributed by atoms with van der Waals surface area (Å²) in [5.41, 5.74) is 0.540. The van der Waals surface area contributed by atoms with Crippen LogP contribution in [0.5, 0.6) is 0 Å². The molecule has 1 heterocycles. The molecule has 146 valence electrons. The van der Waals surface area contributed by atoms with Crippen molar-refractivity contribution >= 4 is 27.7 Å². The van der Waals surface area contributed by atoms with Crippen molar-refractivity contribution in [3.05, 3.63) is 58.5 Å². The molecule has 0 aliphatic carbocycles. The van der Waals surface area contributed by atoms with E-state index in [0.717, 1.165) is 25.4 Å². The van der Waals surface area contributed by atoms with E-state index in [4.69, 9.17) is 0 Å². The Kier molecular flexibility index (Phi) is 6.85. The molecule has 0 saturated heterocycles. The molecule has 0 spiro atoms. The molecule has 0 aliphatic rings. The summed E-state index contributed by atoms with van der Waals surface area (Å²) in [4.78, 5) is 27.1. The van der Waals surface area contributed by atoms with Gasteiger partial charge >= 0.3 is 0 Å². The van der Waals surface area contributed by atoms with Crippen molar-refractivity contribution in [1.29, 1.82) is 0 Å². The summed E-state index contributed by atoms with van der Waals surface area (Å²) in [6.45, 7) is 0.174. The van der Waals surface area contributed by atoms with Gasteiger partial charge in [0.1, 0.15) is 6.54 Å². The summed E-state index contributed by atoms with van der Waals surface area (Å²) in [6, 6.07) is 10.3. The number of carbonyl (C=O) groups is 1. The van der Waals surface area contributed by atoms with Crippen molar-refractivity contribution in [3.8, 4) is 0 Å². The Hall–Kier alpha value is -2.10. The number of aromatic nitrogens is 1. The third kappa shape index (κ3) is 5.21. The maximum atomic E-state index is 12.5. The SMILES string of the molecule is CSc1ccc(CN(C)C(=O)Cn2cc(S(=O)(=O)N(C)C)ccc2=O)cc1. The third-order valence-electron chi connectivity index (χ3n) is 4.05. The van der Waals surface area contributed by atoms with Crippen LogP contribution in [0.15, 0.2) is 57.2 Å². The van der Waals surface area contributed by atoms with E-state index < -0.39 is 15.6 Å². The lowest BCUT2D eigenvalue weighted by molar-refractivity contribution is -0.131. The zero-order chi connectivity index (χ0) is 20.2. The quantitative estimate of drug-likeness (QED) is 0.647. The highest BCUT2D eigenvalue weighted by Crippen LogP contribution is 2.16. The molecule has 0 aliphatic heterocycles. The van der Waals surface area contributed by atoms with Crippen molar-refractivity contribution in [2.75, 3.05) is 27.4 Å². The number of benzene rings is 1. The van der Waals surface area contributed by atoms with Crippen LogP contribution in [0.1, 0.15) is 5.56 Å². The molecule has 2 aromatic rings. The maximum Gasteiger partial charge on any atom is 0.251 e. The van der Waals surface area contributed by atoms with Gasteiger partial charge in [0.15, 0.2) is 0 Å². The minimum absolute atomic E-state index is 0.0322. The molecule has 9 heteroatoms. The average molecular weight is 410 g/mol. The van der Waals surface area contributed by atoms with Crippen LogP contribution in [-0.4, -0.2) is 55.5 Å². The number of pyridine rings is 1. The molecule has 0 atom stereocenters. The van der Waals surface area contributed by atoms with Gasteiger partial charge in [-0.1, -0.05) is 12.1 Å². The number of hydrogen-bond acceptors (Lipinski definition) is 5. The Morgan fingerprint density at radius 3 is 2.26 bits per heavy atom. The van der Waals surface area contributed by atoms with Gasteiger partial charge in [0, 0.05) is 44.8 Å². The van der Waals surface area contributed by atoms with Crippen LogP contribution in [0.2, 0.25) is 0 Å². The molecule has 0 N–H and O–H groups in total. The van der Waals surface area contributed by atoms with E-state index in [1.165, 1.54) is 31.3 Å². The second-order valence-electron chi connectivity index (χ2n) is 6.22. The topological polar surface area (TPSA) is 79.7 Å². The van der Waals surface area contributed by atoms with E-state index in [1.54, 1.807) is 18.8 Å². The Labute approximate surface area is 163 Å². The van der Waals surface area contributed by atoms with Gasteiger partial charge in [0.25, 0.3) is 5.56 Å². The van der Waals surface area contributed by atoms with Crippen LogP contribution in [-0.2, 0) is 27.9 Å². The monoisotopic (exact) mass is 409 g/mol. The van der Waals surface area contributed by atoms with E-state index in [2.05, 4.69) is 0 Å². The van der Waals surface area contributed by atoms with Gasteiger partial charge < -0.3 is 9.47 Å². The van der Waals surface area contributed by atoms with Crippen LogP contribution in [0.4, 0.5) is 0 Å². The Balaban J connectivity index is 2.15. The first kappa shape index (κ1) is 21.2. The van der Waals surface area contributed by atoms with Crippen LogP contribution in [0.3, 0.4) is 0 Å². The average Bonchev–Trinajstić information content (AvgIpc) is 2.63. The molecule has 0 radical (unpaired) electrons. The number of sulfonamides is 1. The predicted molar refractivity (Wildman–Crippen MR) is 106 cm³/mol. The van der Waals surface area contributed by atoms with Gasteiger partial charge in [0.05, 0.1) is 4.90 Å². The van der Waals surface area contributed by atoms with E-state index in [-0.39, 0.29) is 17.3 Å². The largest absolute Gasteiger partial charge is 0.340 e. The highest BCUT2D eigenvalue weighted by atomic mass is 32.2. The molecule has 7 nitrogen and oxygen atoms in total. The van der Waals surface area contributed by atoms with Gasteiger partial charge in [-0.3, -0.25) is 9.59 Å². The molecular formula is C18H23N3O4S2. The van der Waals surface area contributed by atoms with Gasteiger partial charge in [-0.05, 0) is 30.0 Å². The van der Waals surface area contributed by atoms with Crippen molar-refractivity contribution in [2.24, 2.45) is 0 Å². The summed E-state index contributed by atoms with van der Waals surface area (Å²) in [5, 5.41) is 0. The minimum atomic E-state index is -3.68. The van der Waals surface area contributed by atoms with Crippen LogP contribution in [0.25, 0.3) is 0 Å². The number of hydrogen-bond donors (Lipinski definition) is 0. The lowest BCUT2D eigenvalue weighted by atomic mass is 10.2. The molecule has 1 aromatic carbocycles. The smallest absolute Gasteiger partial charge is 0.251 e. The number of nitrogens with zero attached hydrogens (tertiary/aromatic N) is 3. The van der Waals surface area contributed by atoms with E-state index in [9.17, 15) is 18.0 Å². The van der Waals surface area contributed by atoms with Gasteiger partial charge in [-0.2, -0.15) is 0 Å². The number of amides is 1. The standard InChI is InChI=1S/C18H23N3O4S2/c1-19(2)27(24,25)16-9-10-17(22)21(12-16)13-18(23)20(3)11-14-5-7-15(26-4)8-6-14/h5-10,12H,11,13H2,1-4H3. The van der Waals surface area contributed by atoms with E-state index in [0.29, 0.717) is 6.54 Å². The van der Waals surface area contributed by atoms with Crippen molar-refractivity contribution in [2.45, 2.75) is 22.9 Å². The normalized spacial score (nSPS) is 11.6. The van der Waals surface area contributed by atoms with Crippen molar-refractivity contribution in [3.63, 3.8) is 0 Å². The highest BCUT2D eigenvalue weighted by molar-refractivity contribution is 7.98. The molecule has 0 saturated carbocycles. The zero-order valence-electron chi connectivity index (χ0n) is 15.7. The summed E-state index contributed by atoms with van der Waals surface area (Å²) in [6.07, 6.45) is 3.20. The zero-order valence-corrected chi connectivity index (χ0v) is 17.4. The maximum absolute atomic E-state index is 12.5. The molecule has 0 fully saturated rings. The molecular weight excluding hydrogens is 386 g/mol. The number of likely N-dealkylation sites (N-methyl/N-ethyl adjacent to an activating group) is 1. The number of rotatable bonds is 7. The second kappa shape index (κ2) is 8.73. The first-order valence-corrected chi connectivity index (χ1v) is 10.8. The summed E-state index contributed by atoms with van der Waals surface area (Å²) >= 11 is 1.64. The van der Waals surface area contributed by atoms with E-state index in [1.807, 2.05) is 30.5 Å². The number of carbonyl (C=O) groups excluding carboxylic acids is 1. The molecule has 1 amide bonds. The molecule has 2 rings (SSSR count). The van der Waals surface area contributed by atoms with Crippen LogP contribution >= 0.6 is 11.8 Å². The Morgan fingerprint density at radius 1 is 1.07 bits per heavy atom. The van der Waals surface area contributed by atoms with Crippen LogP contribution in [0, 0.1) is 0 Å². The van der Waals surface area contributed by atoms with Gasteiger partial charge in [0.2, 0.25) is 15.9 Å². The fourth-order valence-electron chi connectivity index (χ4n) is 2.36. The lowest BCUT2D eigenvalue weighted by Crippen LogP contribution is -2.34. The highest BCUT2D eigenvalue weighted by Gasteiger charge is 2.19. The predicted octanol–water partition coefficient (Wildman–Crippen LogP) is 1.48. The van der Waals surface area contributed by atoms with Crippen molar-refractivity contribution < 1.29 is 13.2 Å². The van der Waals surface area contributed by atoms with E-state index >= 15 is 0 Å². The first-order valence-electron chi connectivity index (χ1n) is 8.15. The lowest BCUT2D eigenvalue weighted by Gasteiger charge is -2.19. The summed E-state index contributed by atoms with van der Waals surface area (Å²) in [7, 11) is 0.786. The molecule has 1 aromatic heterocycles.